The van der Waals surface area contributed by atoms with Crippen LogP contribution in [0.4, 0.5) is 26.0 Å². The third kappa shape index (κ3) is 4.91. The van der Waals surface area contributed by atoms with E-state index in [4.69, 9.17) is 10.5 Å². The minimum absolute atomic E-state index is 0.136. The largest absolute Gasteiger partial charge is 0.489 e. The molecule has 36 heavy (non-hydrogen) atoms. The molecule has 182 valence electrons. The highest BCUT2D eigenvalue weighted by molar-refractivity contribution is 5.82. The van der Waals surface area contributed by atoms with Crippen molar-refractivity contribution >= 4 is 28.2 Å². The lowest BCUT2D eigenvalue weighted by Crippen LogP contribution is -2.24. The molecule has 0 amide bonds. The molecule has 6 nitrogen and oxygen atoms in total. The Morgan fingerprint density at radius 2 is 1.81 bits per heavy atom. The summed E-state index contributed by atoms with van der Waals surface area (Å²) >= 11 is 0. The lowest BCUT2D eigenvalue weighted by Gasteiger charge is -2.26. The Kier molecular flexibility index (Phi) is 6.38. The molecule has 8 heteroatoms. The first-order chi connectivity index (χ1) is 17.4. The number of alkyl halides is 2. The normalized spacial score (nSPS) is 13.1. The lowest BCUT2D eigenvalue weighted by molar-refractivity contribution is 0.158. The first-order valence-corrected chi connectivity index (χ1v) is 11.9. The van der Waals surface area contributed by atoms with E-state index in [1.54, 1.807) is 11.0 Å². The maximum Gasteiger partial charge on any atom is 0.256 e. The molecule has 1 aromatic heterocycles. The molecular formula is C28H25F2N5O. The van der Waals surface area contributed by atoms with Crippen molar-refractivity contribution in [3.8, 4) is 22.9 Å². The molecular weight excluding hydrogens is 460 g/mol. The molecule has 1 heterocycles. The summed E-state index contributed by atoms with van der Waals surface area (Å²) in [4.78, 5) is 10.1. The van der Waals surface area contributed by atoms with E-state index in [1.165, 1.54) is 6.20 Å². The summed E-state index contributed by atoms with van der Waals surface area (Å²) in [6.07, 6.45) is 1.65. The Labute approximate surface area is 208 Å². The predicted octanol–water partition coefficient (Wildman–Crippen LogP) is 6.26. The van der Waals surface area contributed by atoms with E-state index in [-0.39, 0.29) is 6.10 Å². The molecule has 5 rings (SSSR count). The van der Waals surface area contributed by atoms with Gasteiger partial charge in [-0.05, 0) is 72.4 Å². The number of anilines is 3. The highest BCUT2D eigenvalue weighted by atomic mass is 19.3. The average Bonchev–Trinajstić information content (AvgIpc) is 3.71. The minimum Gasteiger partial charge on any atom is -0.489 e. The van der Waals surface area contributed by atoms with Crippen LogP contribution < -0.4 is 15.4 Å². The molecule has 0 spiro atoms. The topological polar surface area (TPSA) is 88.1 Å². The Bertz CT molecular complexity index is 1450. The third-order valence-electron chi connectivity index (χ3n) is 6.17. The van der Waals surface area contributed by atoms with Gasteiger partial charge < -0.3 is 15.4 Å². The smallest absolute Gasteiger partial charge is 0.256 e. The molecule has 1 aliphatic carbocycles. The second-order valence-electron chi connectivity index (χ2n) is 8.81. The molecule has 0 aliphatic heterocycles. The average molecular weight is 486 g/mol. The quantitative estimate of drug-likeness (QED) is 0.317. The van der Waals surface area contributed by atoms with Gasteiger partial charge in [-0.3, -0.25) is 4.98 Å². The van der Waals surface area contributed by atoms with Gasteiger partial charge in [-0.15, -0.1) is 0 Å². The van der Waals surface area contributed by atoms with Gasteiger partial charge in [-0.25, -0.2) is 13.8 Å². The minimum atomic E-state index is -2.56. The number of rotatable bonds is 8. The molecule has 0 unspecified atom stereocenters. The zero-order valence-electron chi connectivity index (χ0n) is 19.8. The van der Waals surface area contributed by atoms with Gasteiger partial charge in [0.1, 0.15) is 17.6 Å². The van der Waals surface area contributed by atoms with E-state index < -0.39 is 13.0 Å². The monoisotopic (exact) mass is 485 g/mol. The highest BCUT2D eigenvalue weighted by Crippen LogP contribution is 2.38. The van der Waals surface area contributed by atoms with Gasteiger partial charge >= 0.3 is 0 Å². The van der Waals surface area contributed by atoms with Gasteiger partial charge in [0.05, 0.1) is 35.4 Å². The number of nitrogen functional groups attached to an aromatic ring is 1. The van der Waals surface area contributed by atoms with Gasteiger partial charge in [0, 0.05) is 11.4 Å². The molecule has 1 aliphatic rings. The van der Waals surface area contributed by atoms with E-state index in [9.17, 15) is 14.0 Å². The summed E-state index contributed by atoms with van der Waals surface area (Å²) in [5.41, 5.74) is 11.3. The van der Waals surface area contributed by atoms with Crippen LogP contribution in [0.5, 0.6) is 5.75 Å². The van der Waals surface area contributed by atoms with Crippen LogP contribution in [0.1, 0.15) is 30.9 Å². The number of nitrogens with zero attached hydrogens (tertiary/aromatic N) is 4. The zero-order valence-corrected chi connectivity index (χ0v) is 19.8. The van der Waals surface area contributed by atoms with Gasteiger partial charge in [-0.2, -0.15) is 5.26 Å². The number of hydrogen-bond acceptors (Lipinski definition) is 6. The van der Waals surface area contributed by atoms with E-state index in [2.05, 4.69) is 16.0 Å². The van der Waals surface area contributed by atoms with Crippen LogP contribution in [0, 0.1) is 11.3 Å². The van der Waals surface area contributed by atoms with Crippen molar-refractivity contribution in [3.05, 3.63) is 71.9 Å². The van der Waals surface area contributed by atoms with Crippen LogP contribution in [0.25, 0.3) is 22.2 Å². The molecule has 0 radical (unpaired) electrons. The fraction of sp³-hybridized carbons (Fsp3) is 0.250. The maximum absolute atomic E-state index is 13.6. The molecule has 0 bridgehead atoms. The Hall–Kier alpha value is -4.25. The molecule has 1 saturated carbocycles. The van der Waals surface area contributed by atoms with E-state index in [0.29, 0.717) is 40.4 Å². The van der Waals surface area contributed by atoms with Gasteiger partial charge in [0.25, 0.3) is 6.43 Å². The molecule has 2 N–H and O–H groups in total. The summed E-state index contributed by atoms with van der Waals surface area (Å²) in [5.74, 6) is 0.927. The maximum atomic E-state index is 13.6. The SMILES string of the molecule is CCc1cc(N(CC(F)F)c2ccc(-c3ccc4nc(N)cnc4c3)cc2)cc(C#N)c1OC1CC1. The number of benzene rings is 3. The number of hydrogen-bond donors (Lipinski definition) is 1. The number of ether oxygens (including phenoxy) is 1. The fourth-order valence-electron chi connectivity index (χ4n) is 4.20. The third-order valence-corrected chi connectivity index (χ3v) is 6.17. The lowest BCUT2D eigenvalue weighted by atomic mass is 10.0. The van der Waals surface area contributed by atoms with E-state index in [0.717, 1.165) is 35.0 Å². The Morgan fingerprint density at radius 3 is 2.47 bits per heavy atom. The summed E-state index contributed by atoms with van der Waals surface area (Å²) in [6, 6.07) is 18.8. The van der Waals surface area contributed by atoms with Crippen LogP contribution in [-0.2, 0) is 6.42 Å². The highest BCUT2D eigenvalue weighted by Gasteiger charge is 2.27. The van der Waals surface area contributed by atoms with Gasteiger partial charge in [0.15, 0.2) is 0 Å². The van der Waals surface area contributed by atoms with Crippen molar-refractivity contribution in [2.24, 2.45) is 0 Å². The first kappa shape index (κ1) is 23.5. The zero-order chi connectivity index (χ0) is 25.2. The fourth-order valence-corrected chi connectivity index (χ4v) is 4.20. The van der Waals surface area contributed by atoms with E-state index >= 15 is 0 Å². The molecule has 0 atom stereocenters. The second kappa shape index (κ2) is 9.78. The number of nitrogens with two attached hydrogens (primary N) is 1. The van der Waals surface area contributed by atoms with Crippen molar-refractivity contribution in [2.45, 2.75) is 38.7 Å². The molecule has 0 saturated heterocycles. The van der Waals surface area contributed by atoms with Gasteiger partial charge in [-0.1, -0.05) is 25.1 Å². The summed E-state index contributed by atoms with van der Waals surface area (Å²) in [7, 11) is 0. The van der Waals surface area contributed by atoms with Crippen molar-refractivity contribution in [3.63, 3.8) is 0 Å². The molecule has 4 aromatic rings. The number of fused-ring (bicyclic) bond motifs is 1. The summed E-state index contributed by atoms with van der Waals surface area (Å²) in [6.45, 7) is 1.47. The summed E-state index contributed by atoms with van der Waals surface area (Å²) < 4.78 is 33.3. The summed E-state index contributed by atoms with van der Waals surface area (Å²) in [5, 5.41) is 9.77. The number of halogens is 2. The molecule has 1 fully saturated rings. The number of aromatic nitrogens is 2. The van der Waals surface area contributed by atoms with Gasteiger partial charge in [0.2, 0.25) is 0 Å². The van der Waals surface area contributed by atoms with Crippen LogP contribution in [0.15, 0.2) is 60.8 Å². The van der Waals surface area contributed by atoms with Crippen LogP contribution in [-0.4, -0.2) is 29.0 Å². The molecule has 3 aromatic carbocycles. The standard InChI is InChI=1S/C28H25F2N5O/c1-2-17-11-22(12-20(14-31)28(17)36-23-8-9-23)35(16-26(29)30)21-6-3-18(4-7-21)19-5-10-24-25(13-19)33-15-27(32)34-24/h3-7,10-13,15,23,26H,2,8-9,16H2,1H3,(H2,32,34). The number of aryl methyl sites for hydroxylation is 1. The second-order valence-corrected chi connectivity index (χ2v) is 8.81. The van der Waals surface area contributed by atoms with Crippen molar-refractivity contribution < 1.29 is 13.5 Å². The Morgan fingerprint density at radius 1 is 1.06 bits per heavy atom. The first-order valence-electron chi connectivity index (χ1n) is 11.9. The van der Waals surface area contributed by atoms with E-state index in [1.807, 2.05) is 55.5 Å². The number of nitriles is 1. The van der Waals surface area contributed by atoms with Crippen molar-refractivity contribution in [1.29, 1.82) is 5.26 Å². The van der Waals surface area contributed by atoms with Crippen molar-refractivity contribution in [2.75, 3.05) is 17.2 Å². The van der Waals surface area contributed by atoms with Crippen molar-refractivity contribution in [1.82, 2.24) is 9.97 Å². The van der Waals surface area contributed by atoms with Crippen LogP contribution >= 0.6 is 0 Å². The predicted molar refractivity (Wildman–Crippen MR) is 137 cm³/mol. The van der Waals surface area contributed by atoms with Crippen LogP contribution in [0.2, 0.25) is 0 Å². The van der Waals surface area contributed by atoms with Crippen LogP contribution in [0.3, 0.4) is 0 Å². The Balaban J connectivity index is 1.49.